The summed E-state index contributed by atoms with van der Waals surface area (Å²) >= 11 is -2.06. The zero-order valence-corrected chi connectivity index (χ0v) is 14.8. The number of anilines is 1. The number of carbonyl (C=O) groups is 1. The van der Waals surface area contributed by atoms with Crippen molar-refractivity contribution in [2.75, 3.05) is 25.0 Å². The number of nitrogens with zero attached hydrogens (tertiary/aromatic N) is 2. The van der Waals surface area contributed by atoms with E-state index in [4.69, 9.17) is 4.55 Å². The molecule has 1 aromatic carbocycles. The van der Waals surface area contributed by atoms with Crippen molar-refractivity contribution in [2.45, 2.75) is 36.9 Å². The van der Waals surface area contributed by atoms with Crippen molar-refractivity contribution in [1.82, 2.24) is 4.90 Å². The molecule has 2 rings (SSSR count). The third kappa shape index (κ3) is 4.94. The maximum absolute atomic E-state index is 12.5. The zero-order valence-electron chi connectivity index (χ0n) is 14.0. The van der Waals surface area contributed by atoms with Crippen LogP contribution in [-0.2, 0) is 15.9 Å². The van der Waals surface area contributed by atoms with Gasteiger partial charge in [-0.2, -0.15) is 13.2 Å². The highest BCUT2D eigenvalue weighted by Gasteiger charge is 2.40. The van der Waals surface area contributed by atoms with E-state index in [1.54, 1.807) is 12.1 Å². The van der Waals surface area contributed by atoms with Gasteiger partial charge in [0.2, 0.25) is 5.91 Å². The molecule has 140 valence electrons. The summed E-state index contributed by atoms with van der Waals surface area (Å²) in [4.78, 5) is 15.3. The minimum atomic E-state index is -4.50. The third-order valence-electron chi connectivity index (χ3n) is 4.58. The van der Waals surface area contributed by atoms with Gasteiger partial charge in [-0.05, 0) is 36.6 Å². The van der Waals surface area contributed by atoms with Gasteiger partial charge < -0.3 is 14.4 Å². The Hall–Kier alpha value is -1.61. The van der Waals surface area contributed by atoms with Crippen molar-refractivity contribution in [3.05, 3.63) is 24.3 Å². The minimum Gasteiger partial charge on any atom is -0.369 e. The van der Waals surface area contributed by atoms with E-state index >= 15 is 0 Å². The molecule has 1 heterocycles. The maximum atomic E-state index is 12.5. The smallest absolute Gasteiger partial charge is 0.369 e. The number of carbonyl (C=O) groups excluding carboxylic acids is 1. The van der Waals surface area contributed by atoms with Crippen LogP contribution in [0.2, 0.25) is 0 Å². The SMILES string of the molecule is CCC1CN(C(=O)CC(F)(F)F)CC1N(C)c1ccc(S(=O)O)cc1. The van der Waals surface area contributed by atoms with Crippen LogP contribution in [-0.4, -0.2) is 51.9 Å². The monoisotopic (exact) mass is 378 g/mol. The molecule has 1 aliphatic heterocycles. The maximum Gasteiger partial charge on any atom is 0.397 e. The quantitative estimate of drug-likeness (QED) is 0.801. The molecular weight excluding hydrogens is 357 g/mol. The number of benzene rings is 1. The normalized spacial score (nSPS) is 22.1. The summed E-state index contributed by atoms with van der Waals surface area (Å²) < 4.78 is 57.5. The Morgan fingerprint density at radius 2 is 1.92 bits per heavy atom. The molecule has 1 N–H and O–H groups in total. The van der Waals surface area contributed by atoms with Crippen LogP contribution in [0.5, 0.6) is 0 Å². The molecule has 0 aliphatic carbocycles. The summed E-state index contributed by atoms with van der Waals surface area (Å²) in [5, 5.41) is 0. The van der Waals surface area contributed by atoms with Crippen LogP contribution in [0.25, 0.3) is 0 Å². The molecule has 25 heavy (non-hydrogen) atoms. The molecule has 5 nitrogen and oxygen atoms in total. The van der Waals surface area contributed by atoms with Crippen molar-refractivity contribution in [2.24, 2.45) is 5.92 Å². The second kappa shape index (κ2) is 7.74. The van der Waals surface area contributed by atoms with Gasteiger partial charge >= 0.3 is 6.18 Å². The number of hydrogen-bond acceptors (Lipinski definition) is 3. The summed E-state index contributed by atoms with van der Waals surface area (Å²) in [6, 6.07) is 6.34. The molecule has 9 heteroatoms. The van der Waals surface area contributed by atoms with E-state index in [9.17, 15) is 22.2 Å². The highest BCUT2D eigenvalue weighted by Crippen LogP contribution is 2.30. The number of hydrogen-bond donors (Lipinski definition) is 1. The molecule has 0 aromatic heterocycles. The molecule has 1 aliphatic rings. The van der Waals surface area contributed by atoms with E-state index in [0.29, 0.717) is 6.54 Å². The van der Waals surface area contributed by atoms with Crippen LogP contribution in [0.15, 0.2) is 29.2 Å². The lowest BCUT2D eigenvalue weighted by Crippen LogP contribution is -2.39. The van der Waals surface area contributed by atoms with Crippen LogP contribution in [0.3, 0.4) is 0 Å². The Bertz CT molecular complexity index is 637. The Kier molecular flexibility index (Phi) is 6.10. The van der Waals surface area contributed by atoms with Crippen LogP contribution in [0.1, 0.15) is 19.8 Å². The van der Waals surface area contributed by atoms with Crippen molar-refractivity contribution in [1.29, 1.82) is 0 Å². The topological polar surface area (TPSA) is 60.9 Å². The molecule has 3 unspecified atom stereocenters. The number of likely N-dealkylation sites (N-methyl/N-ethyl adjacent to an activating group) is 1. The Labute approximate surface area is 147 Å². The minimum absolute atomic E-state index is 0.0637. The summed E-state index contributed by atoms with van der Waals surface area (Å²) in [6.07, 6.45) is -5.20. The number of alkyl halides is 3. The van der Waals surface area contributed by atoms with E-state index in [1.807, 2.05) is 18.9 Å². The van der Waals surface area contributed by atoms with E-state index in [1.165, 1.54) is 17.0 Å². The average Bonchev–Trinajstić information content (AvgIpc) is 2.97. The van der Waals surface area contributed by atoms with E-state index < -0.39 is 29.6 Å². The summed E-state index contributed by atoms with van der Waals surface area (Å²) in [5.41, 5.74) is 0.780. The van der Waals surface area contributed by atoms with Crippen molar-refractivity contribution >= 4 is 22.7 Å². The highest BCUT2D eigenvalue weighted by molar-refractivity contribution is 7.79. The van der Waals surface area contributed by atoms with Gasteiger partial charge in [-0.25, -0.2) is 4.21 Å². The van der Waals surface area contributed by atoms with Crippen LogP contribution >= 0.6 is 0 Å². The molecule has 0 radical (unpaired) electrons. The Morgan fingerprint density at radius 1 is 1.32 bits per heavy atom. The molecule has 1 fully saturated rings. The number of rotatable bonds is 5. The van der Waals surface area contributed by atoms with Gasteiger partial charge in [0.25, 0.3) is 0 Å². The second-order valence-electron chi connectivity index (χ2n) is 6.18. The molecule has 1 aromatic rings. The fourth-order valence-corrected chi connectivity index (χ4v) is 3.54. The van der Waals surface area contributed by atoms with Crippen LogP contribution in [0, 0.1) is 5.92 Å². The highest BCUT2D eigenvalue weighted by atomic mass is 32.2. The Morgan fingerprint density at radius 3 is 2.40 bits per heavy atom. The molecular formula is C16H21F3N2O3S. The average molecular weight is 378 g/mol. The van der Waals surface area contributed by atoms with Gasteiger partial charge in [0.15, 0.2) is 11.1 Å². The van der Waals surface area contributed by atoms with Crippen molar-refractivity contribution < 1.29 is 26.7 Å². The first-order valence-corrected chi connectivity index (χ1v) is 9.01. The molecule has 0 bridgehead atoms. The molecule has 0 spiro atoms. The molecule has 0 saturated carbocycles. The first kappa shape index (κ1) is 19.7. The van der Waals surface area contributed by atoms with Crippen molar-refractivity contribution in [3.63, 3.8) is 0 Å². The Balaban J connectivity index is 2.11. The summed E-state index contributed by atoms with van der Waals surface area (Å²) in [5.74, 6) is -0.832. The van der Waals surface area contributed by atoms with Gasteiger partial charge in [0, 0.05) is 25.8 Å². The standard InChI is InChI=1S/C16H21F3N2O3S/c1-3-11-9-21(15(22)8-16(17,18)19)10-14(11)20(2)12-4-6-13(7-5-12)25(23)24/h4-7,11,14H,3,8-10H2,1-2H3,(H,23,24). The lowest BCUT2D eigenvalue weighted by atomic mass is 9.99. The van der Waals surface area contributed by atoms with E-state index in [-0.39, 0.29) is 23.4 Å². The predicted molar refractivity (Wildman–Crippen MR) is 88.7 cm³/mol. The van der Waals surface area contributed by atoms with Crippen LogP contribution < -0.4 is 4.90 Å². The lowest BCUT2D eigenvalue weighted by molar-refractivity contribution is -0.160. The third-order valence-corrected chi connectivity index (χ3v) is 5.25. The number of halogens is 3. The van der Waals surface area contributed by atoms with E-state index in [2.05, 4.69) is 0 Å². The first-order chi connectivity index (χ1) is 11.6. The number of amides is 1. The molecule has 1 amide bonds. The number of likely N-dealkylation sites (tertiary alicyclic amines) is 1. The fraction of sp³-hybridized carbons (Fsp3) is 0.562. The molecule has 3 atom stereocenters. The van der Waals surface area contributed by atoms with Gasteiger partial charge in [0.1, 0.15) is 6.42 Å². The summed E-state index contributed by atoms with van der Waals surface area (Å²) in [6.45, 7) is 2.48. The second-order valence-corrected chi connectivity index (χ2v) is 7.15. The van der Waals surface area contributed by atoms with Gasteiger partial charge in [-0.1, -0.05) is 6.92 Å². The first-order valence-electron chi connectivity index (χ1n) is 7.90. The van der Waals surface area contributed by atoms with E-state index in [0.717, 1.165) is 12.1 Å². The zero-order chi connectivity index (χ0) is 18.8. The van der Waals surface area contributed by atoms with Crippen molar-refractivity contribution in [3.8, 4) is 0 Å². The molecule has 1 saturated heterocycles. The van der Waals surface area contributed by atoms with Gasteiger partial charge in [-0.3, -0.25) is 4.79 Å². The van der Waals surface area contributed by atoms with Crippen LogP contribution in [0.4, 0.5) is 18.9 Å². The van der Waals surface area contributed by atoms with Gasteiger partial charge in [-0.15, -0.1) is 0 Å². The van der Waals surface area contributed by atoms with Gasteiger partial charge in [0.05, 0.1) is 10.9 Å². The summed E-state index contributed by atoms with van der Waals surface area (Å²) in [7, 11) is 1.82. The lowest BCUT2D eigenvalue weighted by Gasteiger charge is -2.30. The fourth-order valence-electron chi connectivity index (χ4n) is 3.17. The predicted octanol–water partition coefficient (Wildman–Crippen LogP) is 2.89. The largest absolute Gasteiger partial charge is 0.397 e.